The molecule has 56 heavy (non-hydrogen) atoms. The molecule has 0 aliphatic rings. The third-order valence-electron chi connectivity index (χ3n) is 11.3. The van der Waals surface area contributed by atoms with Crippen LogP contribution in [0.4, 0.5) is 17.1 Å². The Morgan fingerprint density at radius 3 is 1.88 bits per heavy atom. The van der Waals surface area contributed by atoms with Gasteiger partial charge >= 0.3 is 0 Å². The van der Waals surface area contributed by atoms with Gasteiger partial charge in [-0.3, -0.25) is 0 Å². The molecule has 0 saturated heterocycles. The lowest BCUT2D eigenvalue weighted by molar-refractivity contribution is 0.670. The largest absolute Gasteiger partial charge is 0.455 e. The summed E-state index contributed by atoms with van der Waals surface area (Å²) in [5.74, 6) is 0. The smallest absolute Gasteiger partial charge is 0.144 e. The van der Waals surface area contributed by atoms with Gasteiger partial charge in [0, 0.05) is 63.4 Å². The first-order valence-corrected chi connectivity index (χ1v) is 20.6. The Hall–Kier alpha value is -6.72. The van der Waals surface area contributed by atoms with Crippen LogP contribution in [0.3, 0.4) is 0 Å². The Kier molecular flexibility index (Phi) is 7.00. The van der Waals surface area contributed by atoms with Crippen molar-refractivity contribution in [3.8, 4) is 22.3 Å². The van der Waals surface area contributed by atoms with Crippen LogP contribution in [0.15, 0.2) is 192 Å². The summed E-state index contributed by atoms with van der Waals surface area (Å²) in [6, 6.07) is 68.2. The van der Waals surface area contributed by atoms with Crippen LogP contribution < -0.4 is 4.90 Å². The van der Waals surface area contributed by atoms with Crippen LogP contribution in [0.25, 0.3) is 95.3 Å². The minimum atomic E-state index is 0.916. The average molecular weight is 750 g/mol. The zero-order valence-corrected chi connectivity index (χ0v) is 31.7. The topological polar surface area (TPSA) is 16.4 Å². The molecule has 9 aromatic carbocycles. The van der Waals surface area contributed by atoms with Gasteiger partial charge in [-0.1, -0.05) is 133 Å². The van der Waals surface area contributed by atoms with E-state index in [9.17, 15) is 0 Å². The predicted molar refractivity (Wildman–Crippen MR) is 243 cm³/mol. The second kappa shape index (κ2) is 12.4. The fourth-order valence-electron chi connectivity index (χ4n) is 8.75. The molecule has 0 fully saturated rings. The standard InChI is InChI=1S/C52H31NOS2/c1-2-15-34(16-3-1)53(35-27-25-33(26-28-35)37-21-12-14-32-13-4-5-17-36(32)37)44-30-29-39(48-41-20-8-11-24-47(41)56-52(44)48)42-31-43-38-18-7-10-23-46(38)55-51(43)49-40-19-6-9-22-45(40)54-50(42)49/h1-31H. The summed E-state index contributed by atoms with van der Waals surface area (Å²) in [5, 5.41) is 9.92. The summed E-state index contributed by atoms with van der Waals surface area (Å²) in [4.78, 5) is 2.42. The fourth-order valence-corrected chi connectivity index (χ4v) is 11.2. The van der Waals surface area contributed by atoms with E-state index in [2.05, 4.69) is 193 Å². The van der Waals surface area contributed by atoms with Gasteiger partial charge in [-0.25, -0.2) is 0 Å². The summed E-state index contributed by atoms with van der Waals surface area (Å²) in [7, 11) is 0. The van der Waals surface area contributed by atoms with E-state index in [1.807, 2.05) is 22.7 Å². The number of hydrogen-bond acceptors (Lipinski definition) is 4. The minimum absolute atomic E-state index is 0.916. The van der Waals surface area contributed by atoms with E-state index in [4.69, 9.17) is 4.42 Å². The lowest BCUT2D eigenvalue weighted by Gasteiger charge is -2.27. The van der Waals surface area contributed by atoms with Gasteiger partial charge in [0.05, 0.1) is 10.4 Å². The highest BCUT2D eigenvalue weighted by Gasteiger charge is 2.25. The Bertz CT molecular complexity index is 3480. The van der Waals surface area contributed by atoms with Crippen LogP contribution in [0.5, 0.6) is 0 Å². The van der Waals surface area contributed by atoms with Crippen molar-refractivity contribution in [2.75, 3.05) is 4.90 Å². The Morgan fingerprint density at radius 2 is 1.04 bits per heavy atom. The predicted octanol–water partition coefficient (Wildman–Crippen LogP) is 16.3. The average Bonchev–Trinajstić information content (AvgIpc) is 3.96. The van der Waals surface area contributed by atoms with E-state index in [-0.39, 0.29) is 0 Å². The van der Waals surface area contributed by atoms with E-state index < -0.39 is 0 Å². The lowest BCUT2D eigenvalue weighted by atomic mass is 9.94. The molecule has 0 bridgehead atoms. The molecule has 12 aromatic rings. The van der Waals surface area contributed by atoms with E-state index in [1.54, 1.807) is 0 Å². The van der Waals surface area contributed by atoms with Crippen molar-refractivity contribution in [3.05, 3.63) is 188 Å². The molecule has 0 atom stereocenters. The molecule has 0 saturated carbocycles. The number of hydrogen-bond donors (Lipinski definition) is 0. The van der Waals surface area contributed by atoms with Crippen molar-refractivity contribution in [3.63, 3.8) is 0 Å². The zero-order valence-electron chi connectivity index (χ0n) is 30.1. The van der Waals surface area contributed by atoms with Crippen LogP contribution in [0, 0.1) is 0 Å². The molecule has 0 N–H and O–H groups in total. The summed E-state index contributed by atoms with van der Waals surface area (Å²) in [5.41, 5.74) is 9.98. The van der Waals surface area contributed by atoms with Gasteiger partial charge in [0.1, 0.15) is 11.2 Å². The molecule has 2 nitrogen and oxygen atoms in total. The van der Waals surface area contributed by atoms with Crippen molar-refractivity contribution in [1.29, 1.82) is 0 Å². The van der Waals surface area contributed by atoms with E-state index >= 15 is 0 Å². The van der Waals surface area contributed by atoms with E-state index in [1.165, 1.54) is 73.2 Å². The van der Waals surface area contributed by atoms with Gasteiger partial charge in [-0.2, -0.15) is 0 Å². The number of nitrogens with zero attached hydrogens (tertiary/aromatic N) is 1. The quantitative estimate of drug-likeness (QED) is 0.174. The molecule has 0 aliphatic carbocycles. The number of rotatable bonds is 5. The van der Waals surface area contributed by atoms with Gasteiger partial charge in [0.15, 0.2) is 0 Å². The molecule has 12 rings (SSSR count). The first-order valence-electron chi connectivity index (χ1n) is 18.9. The maximum Gasteiger partial charge on any atom is 0.144 e. The highest BCUT2D eigenvalue weighted by Crippen LogP contribution is 2.52. The zero-order chi connectivity index (χ0) is 36.7. The second-order valence-corrected chi connectivity index (χ2v) is 16.5. The van der Waals surface area contributed by atoms with Crippen LogP contribution >= 0.6 is 22.7 Å². The number of para-hydroxylation sites is 2. The summed E-state index contributed by atoms with van der Waals surface area (Å²) >= 11 is 3.72. The SMILES string of the molecule is c1ccc(N(c2ccc(-c3cccc4ccccc34)cc2)c2ccc(-c3cc4c5ccccc5sc4c4c3oc3ccccc34)c3c2sc2ccccc23)cc1. The molecule has 0 spiro atoms. The molecule has 0 radical (unpaired) electrons. The van der Waals surface area contributed by atoms with E-state index in [0.29, 0.717) is 0 Å². The molecule has 3 heterocycles. The second-order valence-electron chi connectivity index (χ2n) is 14.4. The van der Waals surface area contributed by atoms with Gasteiger partial charge in [-0.15, -0.1) is 22.7 Å². The highest BCUT2D eigenvalue weighted by molar-refractivity contribution is 7.27. The van der Waals surface area contributed by atoms with Gasteiger partial charge in [0.25, 0.3) is 0 Å². The molecule has 3 aromatic heterocycles. The summed E-state index contributed by atoms with van der Waals surface area (Å²) in [6.07, 6.45) is 0. The number of fused-ring (bicyclic) bond motifs is 11. The lowest BCUT2D eigenvalue weighted by Crippen LogP contribution is -2.10. The monoisotopic (exact) mass is 749 g/mol. The van der Waals surface area contributed by atoms with Gasteiger partial charge < -0.3 is 9.32 Å². The van der Waals surface area contributed by atoms with Crippen molar-refractivity contribution >= 4 is 113 Å². The maximum absolute atomic E-state index is 6.87. The van der Waals surface area contributed by atoms with Crippen LogP contribution in [-0.4, -0.2) is 0 Å². The van der Waals surface area contributed by atoms with Crippen molar-refractivity contribution in [2.24, 2.45) is 0 Å². The summed E-state index contributed by atoms with van der Waals surface area (Å²) in [6.45, 7) is 0. The third kappa shape index (κ3) is 4.73. The number of benzene rings is 9. The summed E-state index contributed by atoms with van der Waals surface area (Å²) < 4.78 is 11.9. The normalized spacial score (nSPS) is 11.9. The molecular weight excluding hydrogens is 719 g/mol. The Morgan fingerprint density at radius 1 is 0.393 bits per heavy atom. The third-order valence-corrected chi connectivity index (χ3v) is 13.7. The van der Waals surface area contributed by atoms with Gasteiger partial charge in [-0.05, 0) is 82.1 Å². The number of anilines is 3. The molecule has 0 aliphatic heterocycles. The first kappa shape index (κ1) is 31.6. The first-order chi connectivity index (χ1) is 27.8. The van der Waals surface area contributed by atoms with Crippen molar-refractivity contribution < 1.29 is 4.42 Å². The fraction of sp³-hybridized carbons (Fsp3) is 0. The van der Waals surface area contributed by atoms with Gasteiger partial charge in [0.2, 0.25) is 0 Å². The number of thiophene rings is 2. The van der Waals surface area contributed by atoms with Crippen molar-refractivity contribution in [1.82, 2.24) is 0 Å². The number of furan rings is 1. The van der Waals surface area contributed by atoms with Crippen LogP contribution in [0.1, 0.15) is 0 Å². The molecule has 4 heteroatoms. The molecule has 262 valence electrons. The molecular formula is C52H31NOS2. The Balaban J connectivity index is 1.12. The maximum atomic E-state index is 6.87. The molecule has 0 unspecified atom stereocenters. The molecule has 0 amide bonds. The minimum Gasteiger partial charge on any atom is -0.455 e. The van der Waals surface area contributed by atoms with E-state index in [0.717, 1.165) is 39.2 Å². The Labute approximate surface area is 330 Å². The van der Waals surface area contributed by atoms with Crippen molar-refractivity contribution in [2.45, 2.75) is 0 Å². The highest BCUT2D eigenvalue weighted by atomic mass is 32.1. The van der Waals surface area contributed by atoms with Crippen LogP contribution in [0.2, 0.25) is 0 Å². The van der Waals surface area contributed by atoms with Crippen LogP contribution in [-0.2, 0) is 0 Å².